The fourth-order valence-electron chi connectivity index (χ4n) is 1.41. The molecule has 0 saturated carbocycles. The van der Waals surface area contributed by atoms with E-state index in [9.17, 15) is 9.18 Å². The lowest BCUT2D eigenvalue weighted by Gasteiger charge is -2.05. The predicted octanol–water partition coefficient (Wildman–Crippen LogP) is 1.27. The summed E-state index contributed by atoms with van der Waals surface area (Å²) in [5.41, 5.74) is 0.944. The molecule has 1 amide bonds. The minimum absolute atomic E-state index is 0.0410. The second-order valence-corrected chi connectivity index (χ2v) is 3.06. The van der Waals surface area contributed by atoms with Gasteiger partial charge in [0.05, 0.1) is 0 Å². The topological polar surface area (TPSA) is 29.1 Å². The largest absolute Gasteiger partial charge is 0.355 e. The van der Waals surface area contributed by atoms with Crippen molar-refractivity contribution in [1.29, 1.82) is 0 Å². The monoisotopic (exact) mass is 178 g/mol. The third-order valence-electron chi connectivity index (χ3n) is 2.13. The van der Waals surface area contributed by atoms with Gasteiger partial charge in [-0.05, 0) is 17.7 Å². The third kappa shape index (κ3) is 1.69. The van der Waals surface area contributed by atoms with Crippen molar-refractivity contribution in [2.45, 2.75) is 6.42 Å². The highest BCUT2D eigenvalue weighted by Gasteiger charge is 2.23. The summed E-state index contributed by atoms with van der Waals surface area (Å²) < 4.78 is 12.6. The molecule has 1 fully saturated rings. The maximum Gasteiger partial charge on any atom is 0.221 e. The number of benzene rings is 1. The van der Waals surface area contributed by atoms with Gasteiger partial charge in [0.1, 0.15) is 5.82 Å². The normalized spacial score (nSPS) is 17.5. The van der Waals surface area contributed by atoms with Crippen LogP contribution in [0.5, 0.6) is 0 Å². The number of halogens is 1. The molecular weight excluding hydrogens is 169 g/mol. The number of carbonyl (C=O) groups is 1. The highest BCUT2D eigenvalue weighted by molar-refractivity contribution is 5.82. The van der Waals surface area contributed by atoms with Gasteiger partial charge in [0, 0.05) is 18.9 Å². The Bertz CT molecular complexity index is 320. The van der Waals surface area contributed by atoms with Gasteiger partial charge in [0.25, 0.3) is 0 Å². The highest BCUT2D eigenvalue weighted by atomic mass is 19.1. The van der Waals surface area contributed by atoms with Crippen molar-refractivity contribution in [3.63, 3.8) is 0 Å². The molecule has 1 saturated heterocycles. The fourth-order valence-corrected chi connectivity index (χ4v) is 1.41. The summed E-state index contributed by atoms with van der Waals surface area (Å²) in [4.78, 5) is 10.9. The Morgan fingerprint density at radius 3 is 2.46 bits per heavy atom. The molecule has 3 heteroatoms. The van der Waals surface area contributed by atoms with Crippen LogP contribution in [0.1, 0.15) is 12.0 Å². The molecule has 67 valence electrons. The number of carbonyl (C=O) groups excluding carboxylic acids is 1. The molecule has 1 N–H and O–H groups in total. The summed E-state index contributed by atoms with van der Waals surface area (Å²) in [5.74, 6) is 0.825. The van der Waals surface area contributed by atoms with Crippen LogP contribution in [-0.4, -0.2) is 12.5 Å². The smallest absolute Gasteiger partial charge is 0.221 e. The van der Waals surface area contributed by atoms with E-state index in [1.807, 2.05) is 0 Å². The lowest BCUT2D eigenvalue weighted by atomic mass is 9.98. The van der Waals surface area contributed by atoms with E-state index in [4.69, 9.17) is 0 Å². The van der Waals surface area contributed by atoms with Crippen LogP contribution in [0, 0.1) is 11.7 Å². The Hall–Kier alpha value is -1.38. The molecular formula is C10H9FNO. The van der Waals surface area contributed by atoms with Gasteiger partial charge < -0.3 is 5.32 Å². The molecule has 2 rings (SSSR count). The van der Waals surface area contributed by atoms with Crippen LogP contribution in [-0.2, 0) is 4.79 Å². The van der Waals surface area contributed by atoms with E-state index in [0.29, 0.717) is 13.0 Å². The number of nitrogens with one attached hydrogen (secondary N) is 1. The van der Waals surface area contributed by atoms with Crippen molar-refractivity contribution in [3.05, 3.63) is 41.6 Å². The Labute approximate surface area is 75.8 Å². The predicted molar refractivity (Wildman–Crippen MR) is 46.4 cm³/mol. The lowest BCUT2D eigenvalue weighted by molar-refractivity contribution is -0.118. The molecule has 1 radical (unpaired) electrons. The Balaban J connectivity index is 2.17. The van der Waals surface area contributed by atoms with Gasteiger partial charge in [-0.3, -0.25) is 4.79 Å². The van der Waals surface area contributed by atoms with E-state index >= 15 is 0 Å². The first-order valence-corrected chi connectivity index (χ1v) is 4.13. The zero-order valence-corrected chi connectivity index (χ0v) is 7.01. The summed E-state index contributed by atoms with van der Waals surface area (Å²) in [6, 6.07) is 6.21. The minimum atomic E-state index is -0.248. The number of amides is 1. The van der Waals surface area contributed by atoms with E-state index in [1.54, 1.807) is 12.1 Å². The van der Waals surface area contributed by atoms with Crippen molar-refractivity contribution in [2.24, 2.45) is 0 Å². The average Bonchev–Trinajstić information content (AvgIpc) is 2.53. The van der Waals surface area contributed by atoms with Crippen LogP contribution in [0.25, 0.3) is 0 Å². The van der Waals surface area contributed by atoms with Crippen molar-refractivity contribution in [2.75, 3.05) is 6.54 Å². The first kappa shape index (κ1) is 8.23. The molecule has 0 bridgehead atoms. The van der Waals surface area contributed by atoms with Crippen molar-refractivity contribution in [1.82, 2.24) is 5.32 Å². The molecule has 0 spiro atoms. The second kappa shape index (κ2) is 3.17. The van der Waals surface area contributed by atoms with E-state index in [2.05, 4.69) is 5.32 Å². The number of hydrogen-bond donors (Lipinski definition) is 1. The van der Waals surface area contributed by atoms with E-state index in [-0.39, 0.29) is 11.7 Å². The third-order valence-corrected chi connectivity index (χ3v) is 2.13. The molecule has 1 aromatic rings. The minimum Gasteiger partial charge on any atom is -0.355 e. The highest BCUT2D eigenvalue weighted by Crippen LogP contribution is 2.21. The first-order chi connectivity index (χ1) is 6.25. The van der Waals surface area contributed by atoms with Crippen LogP contribution < -0.4 is 5.32 Å². The van der Waals surface area contributed by atoms with Crippen molar-refractivity contribution < 1.29 is 9.18 Å². The van der Waals surface area contributed by atoms with Crippen LogP contribution in [0.4, 0.5) is 4.39 Å². The number of rotatable bonds is 1. The summed E-state index contributed by atoms with van der Waals surface area (Å²) >= 11 is 0. The van der Waals surface area contributed by atoms with Gasteiger partial charge in [-0.1, -0.05) is 12.1 Å². The molecule has 0 unspecified atom stereocenters. The average molecular weight is 178 g/mol. The van der Waals surface area contributed by atoms with Gasteiger partial charge in [-0.25, -0.2) is 4.39 Å². The zero-order valence-electron chi connectivity index (χ0n) is 7.01. The van der Waals surface area contributed by atoms with Gasteiger partial charge >= 0.3 is 0 Å². The number of hydrogen-bond acceptors (Lipinski definition) is 1. The van der Waals surface area contributed by atoms with Gasteiger partial charge in [0.15, 0.2) is 0 Å². The standard InChI is InChI=1S/C10H9FNO/c11-9-3-1-7(2-4-9)8-5-10(13)12-6-8/h1-4H,5-6H2,(H,12,13). The Kier molecular flexibility index (Phi) is 2.00. The van der Waals surface area contributed by atoms with Gasteiger partial charge in [-0.2, -0.15) is 0 Å². The summed E-state index contributed by atoms with van der Waals surface area (Å²) in [6.45, 7) is 0.588. The van der Waals surface area contributed by atoms with E-state index in [0.717, 1.165) is 11.5 Å². The van der Waals surface area contributed by atoms with Crippen LogP contribution in [0.2, 0.25) is 0 Å². The Morgan fingerprint density at radius 1 is 1.23 bits per heavy atom. The molecule has 1 aliphatic heterocycles. The molecule has 2 nitrogen and oxygen atoms in total. The SMILES string of the molecule is O=C1C[C](c2ccc(F)cc2)CN1. The summed E-state index contributed by atoms with van der Waals surface area (Å²) in [7, 11) is 0. The molecule has 0 atom stereocenters. The molecule has 1 aromatic carbocycles. The Morgan fingerprint density at radius 2 is 1.92 bits per heavy atom. The van der Waals surface area contributed by atoms with Crippen LogP contribution >= 0.6 is 0 Å². The van der Waals surface area contributed by atoms with E-state index in [1.165, 1.54) is 12.1 Å². The fraction of sp³-hybridized carbons (Fsp3) is 0.200. The van der Waals surface area contributed by atoms with Crippen molar-refractivity contribution in [3.8, 4) is 0 Å². The van der Waals surface area contributed by atoms with Gasteiger partial charge in [-0.15, -0.1) is 0 Å². The first-order valence-electron chi connectivity index (χ1n) is 4.13. The van der Waals surface area contributed by atoms with Crippen LogP contribution in [0.3, 0.4) is 0 Å². The quantitative estimate of drug-likeness (QED) is 0.689. The molecule has 0 aliphatic carbocycles. The zero-order chi connectivity index (χ0) is 9.26. The van der Waals surface area contributed by atoms with Crippen LogP contribution in [0.15, 0.2) is 24.3 Å². The molecule has 1 aliphatic rings. The molecule has 13 heavy (non-hydrogen) atoms. The van der Waals surface area contributed by atoms with Crippen molar-refractivity contribution >= 4 is 5.91 Å². The van der Waals surface area contributed by atoms with Gasteiger partial charge in [0.2, 0.25) is 5.91 Å². The lowest BCUT2D eigenvalue weighted by Crippen LogP contribution is -2.13. The molecule has 1 heterocycles. The van der Waals surface area contributed by atoms with E-state index < -0.39 is 0 Å². The summed E-state index contributed by atoms with van der Waals surface area (Å²) in [6.07, 6.45) is 0.436. The summed E-state index contributed by atoms with van der Waals surface area (Å²) in [5, 5.41) is 2.71. The molecule has 0 aromatic heterocycles. The maximum atomic E-state index is 12.6. The second-order valence-electron chi connectivity index (χ2n) is 3.06. The maximum absolute atomic E-state index is 12.6.